The summed E-state index contributed by atoms with van der Waals surface area (Å²) < 4.78 is 10.3. The molecule has 0 fully saturated rings. The van der Waals surface area contributed by atoms with E-state index in [-0.39, 0.29) is 12.4 Å². The monoisotopic (exact) mass is 399 g/mol. The van der Waals surface area contributed by atoms with Crippen LogP contribution in [0.2, 0.25) is 0 Å². The van der Waals surface area contributed by atoms with Crippen LogP contribution in [0.4, 0.5) is 0 Å². The first-order chi connectivity index (χ1) is 12.2. The van der Waals surface area contributed by atoms with Gasteiger partial charge in [0.25, 0.3) is 0 Å². The minimum atomic E-state index is 0.166. The van der Waals surface area contributed by atoms with E-state index in [1.54, 1.807) is 28.9 Å². The zero-order valence-electron chi connectivity index (χ0n) is 13.1. The highest BCUT2D eigenvalue weighted by Crippen LogP contribution is 2.18. The Morgan fingerprint density at radius 3 is 2.88 bits per heavy atom. The molecule has 1 aromatic carbocycles. The predicted molar refractivity (Wildman–Crippen MR) is 94.5 cm³/mol. The summed E-state index contributed by atoms with van der Waals surface area (Å²) in [6.45, 7) is 0.806. The van der Waals surface area contributed by atoms with Crippen molar-refractivity contribution in [3.05, 3.63) is 70.8 Å². The van der Waals surface area contributed by atoms with Gasteiger partial charge in [0.05, 0.1) is 18.4 Å². The molecule has 0 saturated carbocycles. The van der Waals surface area contributed by atoms with Crippen LogP contribution in [0.1, 0.15) is 11.4 Å². The molecule has 0 saturated heterocycles. The van der Waals surface area contributed by atoms with Crippen LogP contribution in [-0.2, 0) is 13.2 Å². The van der Waals surface area contributed by atoms with Crippen LogP contribution in [0.3, 0.4) is 0 Å². The van der Waals surface area contributed by atoms with E-state index in [4.69, 9.17) is 4.74 Å². The topological polar surface area (TPSA) is 77.5 Å². The number of ether oxygens (including phenoxy) is 1. The van der Waals surface area contributed by atoms with E-state index in [1.165, 1.54) is 0 Å². The van der Waals surface area contributed by atoms with Crippen LogP contribution in [-0.4, -0.2) is 29.5 Å². The fourth-order valence-electron chi connectivity index (χ4n) is 2.47. The molecule has 126 valence electrons. The first-order valence-electron chi connectivity index (χ1n) is 7.60. The molecule has 0 aliphatic rings. The van der Waals surface area contributed by atoms with Gasteiger partial charge in [0.15, 0.2) is 0 Å². The van der Waals surface area contributed by atoms with Crippen molar-refractivity contribution in [1.29, 1.82) is 0 Å². The highest BCUT2D eigenvalue weighted by Gasteiger charge is 2.06. The number of phenolic OH excluding ortho intramolecular Hbond substituents is 1. The molecule has 7 nitrogen and oxygen atoms in total. The lowest BCUT2D eigenvalue weighted by atomic mass is 10.3. The average molecular weight is 400 g/mol. The summed E-state index contributed by atoms with van der Waals surface area (Å²) in [5.74, 6) is 0.750. The zero-order chi connectivity index (χ0) is 17.2. The van der Waals surface area contributed by atoms with Crippen molar-refractivity contribution in [2.24, 2.45) is 0 Å². The van der Waals surface area contributed by atoms with Gasteiger partial charge in [-0.05, 0) is 40.2 Å². The van der Waals surface area contributed by atoms with Crippen molar-refractivity contribution >= 4 is 21.6 Å². The van der Waals surface area contributed by atoms with Gasteiger partial charge in [-0.1, -0.05) is 11.3 Å². The minimum absolute atomic E-state index is 0.166. The van der Waals surface area contributed by atoms with Crippen LogP contribution in [0.15, 0.2) is 59.5 Å². The van der Waals surface area contributed by atoms with Crippen molar-refractivity contribution in [2.45, 2.75) is 13.2 Å². The van der Waals surface area contributed by atoms with E-state index in [9.17, 15) is 5.11 Å². The van der Waals surface area contributed by atoms with Gasteiger partial charge >= 0.3 is 0 Å². The average Bonchev–Trinajstić information content (AvgIpc) is 3.19. The van der Waals surface area contributed by atoms with Gasteiger partial charge in [-0.25, -0.2) is 9.67 Å². The number of hydrogen-bond donors (Lipinski definition) is 1. The van der Waals surface area contributed by atoms with E-state index in [2.05, 4.69) is 31.2 Å². The molecule has 0 bridgehead atoms. The molecule has 0 aliphatic heterocycles. The smallest absolute Gasteiger partial charge is 0.137 e. The molecule has 0 atom stereocenters. The third-order valence-corrected chi connectivity index (χ3v) is 4.05. The Bertz CT molecular complexity index is 1030. The van der Waals surface area contributed by atoms with Crippen molar-refractivity contribution < 1.29 is 9.84 Å². The molecule has 4 rings (SSSR count). The minimum Gasteiger partial charge on any atom is -0.508 e. The zero-order valence-corrected chi connectivity index (χ0v) is 14.7. The summed E-state index contributed by atoms with van der Waals surface area (Å²) in [5, 5.41) is 17.6. The molecule has 3 aromatic heterocycles. The standard InChI is InChI=1S/C17H14BrN5O2/c18-12-4-5-17-19-13(8-22(17)7-12)9-23-10-14(20-21-23)11-25-16-3-1-2-15(24)6-16/h1-8,10,24H,9,11H2. The molecule has 4 aromatic rings. The van der Waals surface area contributed by atoms with Crippen LogP contribution >= 0.6 is 15.9 Å². The maximum atomic E-state index is 9.43. The summed E-state index contributed by atoms with van der Waals surface area (Å²) in [5.41, 5.74) is 2.48. The molecule has 0 unspecified atom stereocenters. The summed E-state index contributed by atoms with van der Waals surface area (Å²) >= 11 is 3.45. The summed E-state index contributed by atoms with van der Waals surface area (Å²) in [6, 6.07) is 10.6. The highest BCUT2D eigenvalue weighted by atomic mass is 79.9. The molecular formula is C17H14BrN5O2. The molecule has 0 amide bonds. The Balaban J connectivity index is 1.43. The maximum absolute atomic E-state index is 9.43. The number of imidazole rings is 1. The van der Waals surface area contributed by atoms with Crippen molar-refractivity contribution in [3.63, 3.8) is 0 Å². The van der Waals surface area contributed by atoms with Gasteiger partial charge < -0.3 is 14.2 Å². The van der Waals surface area contributed by atoms with Gasteiger partial charge in [-0.2, -0.15) is 0 Å². The molecular weight excluding hydrogens is 386 g/mol. The molecule has 0 spiro atoms. The third-order valence-electron chi connectivity index (χ3n) is 3.58. The second-order valence-electron chi connectivity index (χ2n) is 5.54. The number of benzene rings is 1. The molecule has 25 heavy (non-hydrogen) atoms. The number of nitrogens with zero attached hydrogens (tertiary/aromatic N) is 5. The third kappa shape index (κ3) is 3.63. The van der Waals surface area contributed by atoms with Crippen LogP contribution < -0.4 is 4.74 Å². The van der Waals surface area contributed by atoms with Gasteiger partial charge in [0.2, 0.25) is 0 Å². The lowest BCUT2D eigenvalue weighted by molar-refractivity contribution is 0.299. The number of fused-ring (bicyclic) bond motifs is 1. The lowest BCUT2D eigenvalue weighted by Gasteiger charge is -2.03. The molecule has 1 N–H and O–H groups in total. The Kier molecular flexibility index (Phi) is 4.10. The molecule has 0 radical (unpaired) electrons. The number of hydrogen-bond acceptors (Lipinski definition) is 5. The number of halogens is 1. The van der Waals surface area contributed by atoms with Gasteiger partial charge in [0, 0.05) is 22.9 Å². The summed E-state index contributed by atoms with van der Waals surface area (Å²) in [6.07, 6.45) is 5.75. The second-order valence-corrected chi connectivity index (χ2v) is 6.45. The first-order valence-corrected chi connectivity index (χ1v) is 8.39. The van der Waals surface area contributed by atoms with Gasteiger partial charge in [0.1, 0.15) is 29.4 Å². The van der Waals surface area contributed by atoms with Gasteiger partial charge in [-0.15, -0.1) is 5.10 Å². The van der Waals surface area contributed by atoms with Crippen molar-refractivity contribution in [3.8, 4) is 11.5 Å². The number of aromatic hydroxyl groups is 1. The Morgan fingerprint density at radius 1 is 1.08 bits per heavy atom. The van der Waals surface area contributed by atoms with Crippen LogP contribution in [0.25, 0.3) is 5.65 Å². The molecule has 3 heterocycles. The maximum Gasteiger partial charge on any atom is 0.137 e. The number of phenols is 1. The van der Waals surface area contributed by atoms with E-state index >= 15 is 0 Å². The number of pyridine rings is 1. The van der Waals surface area contributed by atoms with E-state index < -0.39 is 0 Å². The molecule has 8 heteroatoms. The first kappa shape index (κ1) is 15.6. The Hall–Kier alpha value is -2.87. The fraction of sp³-hybridized carbons (Fsp3) is 0.118. The van der Waals surface area contributed by atoms with E-state index in [0.717, 1.165) is 15.8 Å². The SMILES string of the molecule is Oc1cccc(OCc2cn(Cc3cn4cc(Br)ccc4n3)nn2)c1. The lowest BCUT2D eigenvalue weighted by Crippen LogP contribution is -2.00. The van der Waals surface area contributed by atoms with E-state index in [1.807, 2.05) is 35.1 Å². The quantitative estimate of drug-likeness (QED) is 0.557. The normalized spacial score (nSPS) is 11.1. The van der Waals surface area contributed by atoms with E-state index in [0.29, 0.717) is 18.0 Å². The fourth-order valence-corrected chi connectivity index (χ4v) is 2.82. The summed E-state index contributed by atoms with van der Waals surface area (Å²) in [4.78, 5) is 4.56. The summed E-state index contributed by atoms with van der Waals surface area (Å²) in [7, 11) is 0. The van der Waals surface area contributed by atoms with Crippen molar-refractivity contribution in [1.82, 2.24) is 24.4 Å². The van der Waals surface area contributed by atoms with Gasteiger partial charge in [-0.3, -0.25) is 0 Å². The Labute approximate surface area is 151 Å². The number of aromatic nitrogens is 5. The molecule has 0 aliphatic carbocycles. The second kappa shape index (κ2) is 6.56. The van der Waals surface area contributed by atoms with Crippen LogP contribution in [0.5, 0.6) is 11.5 Å². The number of rotatable bonds is 5. The largest absolute Gasteiger partial charge is 0.508 e. The van der Waals surface area contributed by atoms with Crippen LogP contribution in [0, 0.1) is 0 Å². The van der Waals surface area contributed by atoms with Crippen molar-refractivity contribution in [2.75, 3.05) is 0 Å². The Morgan fingerprint density at radius 2 is 2.00 bits per heavy atom. The predicted octanol–water partition coefficient (Wildman–Crippen LogP) is 3.02. The highest BCUT2D eigenvalue weighted by molar-refractivity contribution is 9.10.